The molecule has 2 aromatic heterocycles. The summed E-state index contributed by atoms with van der Waals surface area (Å²) in [6.07, 6.45) is 2.27. The molecule has 4 aromatic carbocycles. The molecular formula is C30H18O10. The average Bonchev–Trinajstić information content (AvgIpc) is 2.91. The first-order chi connectivity index (χ1) is 19.2. The summed E-state index contributed by atoms with van der Waals surface area (Å²) in [5.74, 6) is -2.99. The van der Waals surface area contributed by atoms with Crippen molar-refractivity contribution < 1.29 is 39.5 Å². The number of phenolic OH excluding ortho intramolecular Hbond substituents is 6. The molecule has 40 heavy (non-hydrogen) atoms. The number of hydrogen-bond acceptors (Lipinski definition) is 10. The van der Waals surface area contributed by atoms with E-state index in [0.717, 1.165) is 24.7 Å². The summed E-state index contributed by atoms with van der Waals surface area (Å²) in [6.45, 7) is 0. The largest absolute Gasteiger partial charge is 0.508 e. The number of fused-ring (bicyclic) bond motifs is 2. The number of phenols is 6. The van der Waals surface area contributed by atoms with Crippen LogP contribution in [0.3, 0.4) is 0 Å². The van der Waals surface area contributed by atoms with Crippen LogP contribution in [-0.2, 0) is 0 Å². The van der Waals surface area contributed by atoms with E-state index in [1.807, 2.05) is 0 Å². The van der Waals surface area contributed by atoms with Gasteiger partial charge in [-0.15, -0.1) is 0 Å². The molecule has 2 heterocycles. The van der Waals surface area contributed by atoms with Gasteiger partial charge in [-0.25, -0.2) is 0 Å². The molecule has 0 amide bonds. The first kappa shape index (κ1) is 24.4. The van der Waals surface area contributed by atoms with Gasteiger partial charge in [-0.3, -0.25) is 9.59 Å². The molecule has 0 aliphatic carbocycles. The van der Waals surface area contributed by atoms with Gasteiger partial charge in [-0.2, -0.15) is 0 Å². The van der Waals surface area contributed by atoms with Crippen LogP contribution in [0.4, 0.5) is 0 Å². The van der Waals surface area contributed by atoms with Crippen molar-refractivity contribution in [2.24, 2.45) is 0 Å². The lowest BCUT2D eigenvalue weighted by atomic mass is 9.95. The van der Waals surface area contributed by atoms with Crippen LogP contribution in [0.5, 0.6) is 34.5 Å². The van der Waals surface area contributed by atoms with E-state index in [-0.39, 0.29) is 44.6 Å². The van der Waals surface area contributed by atoms with Gasteiger partial charge >= 0.3 is 0 Å². The highest BCUT2D eigenvalue weighted by Gasteiger charge is 2.27. The highest BCUT2D eigenvalue weighted by Crippen LogP contribution is 2.50. The van der Waals surface area contributed by atoms with Crippen molar-refractivity contribution >= 4 is 21.9 Å². The molecule has 0 fully saturated rings. The van der Waals surface area contributed by atoms with Crippen LogP contribution in [0.25, 0.3) is 55.3 Å². The smallest absolute Gasteiger partial charge is 0.204 e. The standard InChI is InChI=1S/C30H18O10/c31-15-5-1-13(2-6-15)17-11-39-21-9-19(33)23(29(37)25(21)27(17)35)24-20(34)10-22-26(30(24)38)28(36)18(12-40-22)14-3-7-16(32)8-4-14/h1-12,31-34,37-38H. The van der Waals surface area contributed by atoms with E-state index in [0.29, 0.717) is 11.1 Å². The molecule has 6 N–H and O–H groups in total. The van der Waals surface area contributed by atoms with Crippen molar-refractivity contribution in [3.05, 3.63) is 93.6 Å². The molecule has 0 spiro atoms. The number of rotatable bonds is 3. The molecule has 10 nitrogen and oxygen atoms in total. The van der Waals surface area contributed by atoms with Crippen LogP contribution < -0.4 is 10.9 Å². The zero-order valence-corrected chi connectivity index (χ0v) is 20.2. The fourth-order valence-electron chi connectivity index (χ4n) is 4.68. The summed E-state index contributed by atoms with van der Waals surface area (Å²) in [5.41, 5.74) is -1.98. The minimum atomic E-state index is -0.812. The highest BCUT2D eigenvalue weighted by atomic mass is 16.3. The maximum absolute atomic E-state index is 13.4. The average molecular weight is 538 g/mol. The maximum atomic E-state index is 13.4. The van der Waals surface area contributed by atoms with Crippen molar-refractivity contribution in [3.63, 3.8) is 0 Å². The normalized spacial score (nSPS) is 11.3. The molecule has 10 heteroatoms. The van der Waals surface area contributed by atoms with Gasteiger partial charge in [0.15, 0.2) is 0 Å². The predicted molar refractivity (Wildman–Crippen MR) is 145 cm³/mol. The highest BCUT2D eigenvalue weighted by molar-refractivity contribution is 6.03. The minimum absolute atomic E-state index is 0.0238. The van der Waals surface area contributed by atoms with Crippen molar-refractivity contribution in [3.8, 4) is 67.9 Å². The van der Waals surface area contributed by atoms with Crippen LogP contribution in [0.1, 0.15) is 0 Å². The molecule has 0 unspecified atom stereocenters. The van der Waals surface area contributed by atoms with Crippen LogP contribution in [-0.4, -0.2) is 30.6 Å². The van der Waals surface area contributed by atoms with Crippen molar-refractivity contribution in [1.82, 2.24) is 0 Å². The Balaban J connectivity index is 1.63. The van der Waals surface area contributed by atoms with Gasteiger partial charge in [-0.05, 0) is 35.4 Å². The third kappa shape index (κ3) is 3.66. The van der Waals surface area contributed by atoms with E-state index in [1.54, 1.807) is 0 Å². The molecule has 0 saturated carbocycles. The fraction of sp³-hybridized carbons (Fsp3) is 0. The Bertz CT molecular complexity index is 1930. The molecule has 198 valence electrons. The molecule has 0 atom stereocenters. The lowest BCUT2D eigenvalue weighted by Gasteiger charge is -2.15. The summed E-state index contributed by atoms with van der Waals surface area (Å²) >= 11 is 0. The van der Waals surface area contributed by atoms with E-state index >= 15 is 0 Å². The number of hydrogen-bond donors (Lipinski definition) is 6. The molecule has 6 aromatic rings. The first-order valence-electron chi connectivity index (χ1n) is 11.8. The zero-order valence-electron chi connectivity index (χ0n) is 20.2. The van der Waals surface area contributed by atoms with Gasteiger partial charge in [0.05, 0.1) is 22.3 Å². The number of benzene rings is 4. The lowest BCUT2D eigenvalue weighted by Crippen LogP contribution is -2.07. The van der Waals surface area contributed by atoms with Crippen LogP contribution in [0.2, 0.25) is 0 Å². The van der Waals surface area contributed by atoms with Crippen LogP contribution in [0.15, 0.2) is 91.6 Å². The zero-order chi connectivity index (χ0) is 28.3. The Morgan fingerprint density at radius 2 is 0.850 bits per heavy atom. The predicted octanol–water partition coefficient (Wildman–Crippen LogP) is 5.13. The van der Waals surface area contributed by atoms with E-state index in [4.69, 9.17) is 8.83 Å². The van der Waals surface area contributed by atoms with E-state index in [2.05, 4.69) is 0 Å². The van der Waals surface area contributed by atoms with Crippen molar-refractivity contribution in [1.29, 1.82) is 0 Å². The Kier molecular flexibility index (Phi) is 5.40. The fourth-order valence-corrected chi connectivity index (χ4v) is 4.68. The van der Waals surface area contributed by atoms with Gasteiger partial charge in [0.25, 0.3) is 0 Å². The molecule has 6 rings (SSSR count). The van der Waals surface area contributed by atoms with E-state index in [1.165, 1.54) is 48.5 Å². The Morgan fingerprint density at radius 3 is 1.20 bits per heavy atom. The SMILES string of the molecule is O=c1c(-c2ccc(O)cc2)coc2cc(O)c(-c3c(O)cc4occ(-c5ccc(O)cc5)c(=O)c4c3O)c(O)c12. The van der Waals surface area contributed by atoms with Gasteiger partial charge < -0.3 is 39.5 Å². The minimum Gasteiger partial charge on any atom is -0.508 e. The second kappa shape index (κ2) is 8.84. The molecular weight excluding hydrogens is 520 g/mol. The van der Waals surface area contributed by atoms with Gasteiger partial charge in [0, 0.05) is 12.1 Å². The van der Waals surface area contributed by atoms with Gasteiger partial charge in [0.1, 0.15) is 69.0 Å². The second-order valence-electron chi connectivity index (χ2n) is 9.04. The van der Waals surface area contributed by atoms with Crippen LogP contribution in [0, 0.1) is 0 Å². The van der Waals surface area contributed by atoms with Gasteiger partial charge in [-0.1, -0.05) is 24.3 Å². The Morgan fingerprint density at radius 1 is 0.500 bits per heavy atom. The maximum Gasteiger partial charge on any atom is 0.204 e. The lowest BCUT2D eigenvalue weighted by molar-refractivity contribution is 0.441. The quantitative estimate of drug-likeness (QED) is 0.177. The van der Waals surface area contributed by atoms with Crippen molar-refractivity contribution in [2.45, 2.75) is 0 Å². The molecule has 0 radical (unpaired) electrons. The Labute approximate surface area is 223 Å². The molecule has 0 bridgehead atoms. The second-order valence-corrected chi connectivity index (χ2v) is 9.04. The summed E-state index contributed by atoms with van der Waals surface area (Å²) in [7, 11) is 0. The molecule has 0 aliphatic heterocycles. The van der Waals surface area contributed by atoms with Gasteiger partial charge in [0.2, 0.25) is 10.9 Å². The van der Waals surface area contributed by atoms with E-state index in [9.17, 15) is 40.2 Å². The summed E-state index contributed by atoms with van der Waals surface area (Å²) in [6, 6.07) is 13.4. The third-order valence-corrected chi connectivity index (χ3v) is 6.65. The van der Waals surface area contributed by atoms with E-state index < -0.39 is 45.0 Å². The molecule has 0 aliphatic rings. The first-order valence-corrected chi connectivity index (χ1v) is 11.8. The Hall–Kier alpha value is -5.90. The monoisotopic (exact) mass is 538 g/mol. The third-order valence-electron chi connectivity index (χ3n) is 6.65. The topological polar surface area (TPSA) is 182 Å². The molecule has 0 saturated heterocycles. The summed E-state index contributed by atoms with van der Waals surface area (Å²) in [5, 5.41) is 62.5. The number of aromatic hydroxyl groups is 6. The summed E-state index contributed by atoms with van der Waals surface area (Å²) < 4.78 is 11.0. The van der Waals surface area contributed by atoms with Crippen molar-refractivity contribution in [2.75, 3.05) is 0 Å². The summed E-state index contributed by atoms with van der Waals surface area (Å²) in [4.78, 5) is 26.8. The van der Waals surface area contributed by atoms with Crippen LogP contribution >= 0.6 is 0 Å².